The first kappa shape index (κ1) is 19.4. The fourth-order valence-corrected chi connectivity index (χ4v) is 4.75. The smallest absolute Gasteiger partial charge is 0.187 e. The van der Waals surface area contributed by atoms with Gasteiger partial charge in [0.15, 0.2) is 5.75 Å². The van der Waals surface area contributed by atoms with E-state index in [-0.39, 0.29) is 11.7 Å². The van der Waals surface area contributed by atoms with Crippen LogP contribution < -0.4 is 4.90 Å². The van der Waals surface area contributed by atoms with Crippen molar-refractivity contribution >= 4 is 11.4 Å². The lowest BCUT2D eigenvalue weighted by Crippen LogP contribution is -2.28. The molecule has 1 aliphatic heterocycles. The molecule has 1 aliphatic rings. The van der Waals surface area contributed by atoms with Crippen molar-refractivity contribution in [2.24, 2.45) is 0 Å². The van der Waals surface area contributed by atoms with Crippen molar-refractivity contribution in [2.75, 3.05) is 11.4 Å². The Morgan fingerprint density at radius 1 is 0.710 bits per heavy atom. The van der Waals surface area contributed by atoms with E-state index in [1.807, 2.05) is 36.4 Å². The molecule has 2 heteroatoms. The lowest BCUT2D eigenvalue weighted by molar-refractivity contribution is 0.340. The van der Waals surface area contributed by atoms with Crippen LogP contribution in [0.15, 0.2) is 103 Å². The van der Waals surface area contributed by atoms with Crippen molar-refractivity contribution in [3.63, 3.8) is 0 Å². The van der Waals surface area contributed by atoms with Crippen LogP contribution in [0, 0.1) is 0 Å². The zero-order chi connectivity index (χ0) is 21.0. The number of para-hydroxylation sites is 1. The second-order valence-corrected chi connectivity index (χ2v) is 8.31. The number of anilines is 2. The molecule has 1 radical (unpaired) electrons. The average Bonchev–Trinajstić information content (AvgIpc) is 2.83. The summed E-state index contributed by atoms with van der Waals surface area (Å²) in [5.74, 6) is 0.448. The van der Waals surface area contributed by atoms with Gasteiger partial charge in [-0.25, -0.2) is 0 Å². The average molecular weight is 405 g/mol. The van der Waals surface area contributed by atoms with E-state index in [4.69, 9.17) is 0 Å². The molecule has 4 aromatic rings. The normalized spacial score (nSPS) is 15.5. The Bertz CT molecular complexity index is 1140. The van der Waals surface area contributed by atoms with Crippen molar-refractivity contribution in [2.45, 2.75) is 25.2 Å². The van der Waals surface area contributed by atoms with Crippen LogP contribution in [0.5, 0.6) is 5.75 Å². The maximum absolute atomic E-state index is 13.8. The highest BCUT2D eigenvalue weighted by molar-refractivity contribution is 5.72. The quantitative estimate of drug-likeness (QED) is 0.342. The topological polar surface area (TPSA) is 23.1 Å². The van der Waals surface area contributed by atoms with E-state index in [1.54, 1.807) is 0 Å². The summed E-state index contributed by atoms with van der Waals surface area (Å²) in [7, 11) is 0. The van der Waals surface area contributed by atoms with Crippen LogP contribution in [0.3, 0.4) is 0 Å². The summed E-state index contributed by atoms with van der Waals surface area (Å²) in [5.41, 5.74) is 6.55. The minimum absolute atomic E-state index is 0.211. The molecule has 5 rings (SSSR count). The molecule has 0 amide bonds. The minimum Gasteiger partial charge on any atom is -0.341 e. The van der Waals surface area contributed by atoms with E-state index in [0.717, 1.165) is 41.9 Å². The van der Waals surface area contributed by atoms with Crippen LogP contribution in [-0.2, 0) is 17.9 Å². The standard InChI is InChI=1S/C29H26NO/c31-29-25(21-23-12-6-2-7-13-23)16-17-27-28(29)24(20-22-10-4-1-5-11-22)18-19-30(27)26-14-8-3-9-15-26/h1-17,24H,18-21H2. The predicted molar refractivity (Wildman–Crippen MR) is 127 cm³/mol. The molecule has 1 heterocycles. The molecule has 31 heavy (non-hydrogen) atoms. The lowest BCUT2D eigenvalue weighted by atomic mass is 9.82. The van der Waals surface area contributed by atoms with Gasteiger partial charge < -0.3 is 4.90 Å². The summed E-state index contributed by atoms with van der Waals surface area (Å²) >= 11 is 0. The largest absolute Gasteiger partial charge is 0.341 e. The van der Waals surface area contributed by atoms with Gasteiger partial charge in [-0.15, -0.1) is 0 Å². The van der Waals surface area contributed by atoms with Crippen LogP contribution >= 0.6 is 0 Å². The van der Waals surface area contributed by atoms with Gasteiger partial charge >= 0.3 is 0 Å². The number of benzene rings is 4. The number of nitrogens with zero attached hydrogens (tertiary/aromatic N) is 1. The third kappa shape index (κ3) is 4.06. The van der Waals surface area contributed by atoms with Crippen LogP contribution in [-0.4, -0.2) is 6.54 Å². The van der Waals surface area contributed by atoms with Gasteiger partial charge in [0.1, 0.15) is 0 Å². The van der Waals surface area contributed by atoms with Gasteiger partial charge in [0.05, 0.1) is 0 Å². The molecule has 0 saturated carbocycles. The molecule has 0 fully saturated rings. The van der Waals surface area contributed by atoms with E-state index in [0.29, 0.717) is 6.42 Å². The molecule has 0 spiro atoms. The summed E-state index contributed by atoms with van der Waals surface area (Å²) in [4.78, 5) is 2.31. The molecule has 1 atom stereocenters. The Morgan fingerprint density at radius 3 is 2.00 bits per heavy atom. The van der Waals surface area contributed by atoms with Crippen molar-refractivity contribution in [1.29, 1.82) is 0 Å². The predicted octanol–water partition coefficient (Wildman–Crippen LogP) is 7.29. The Balaban J connectivity index is 1.57. The van der Waals surface area contributed by atoms with Gasteiger partial charge in [-0.05, 0) is 48.1 Å². The Hall–Kier alpha value is -3.52. The molecule has 1 unspecified atom stereocenters. The van der Waals surface area contributed by atoms with Crippen LogP contribution in [0.25, 0.3) is 0 Å². The van der Waals surface area contributed by atoms with E-state index >= 15 is 0 Å². The zero-order valence-electron chi connectivity index (χ0n) is 17.6. The third-order valence-corrected chi connectivity index (χ3v) is 6.29. The first-order chi connectivity index (χ1) is 15.3. The first-order valence-electron chi connectivity index (χ1n) is 11.0. The number of hydrogen-bond acceptors (Lipinski definition) is 1. The Kier molecular flexibility index (Phi) is 5.45. The highest BCUT2D eigenvalue weighted by atomic mass is 16.3. The van der Waals surface area contributed by atoms with Gasteiger partial charge in [0.25, 0.3) is 0 Å². The molecule has 2 nitrogen and oxygen atoms in total. The van der Waals surface area contributed by atoms with Crippen LogP contribution in [0.4, 0.5) is 11.4 Å². The maximum Gasteiger partial charge on any atom is 0.187 e. The number of fused-ring (bicyclic) bond motifs is 1. The van der Waals surface area contributed by atoms with Gasteiger partial charge in [0, 0.05) is 35.5 Å². The highest BCUT2D eigenvalue weighted by Crippen LogP contribution is 2.47. The van der Waals surface area contributed by atoms with Crippen molar-refractivity contribution < 1.29 is 5.11 Å². The lowest BCUT2D eigenvalue weighted by Gasteiger charge is -2.36. The van der Waals surface area contributed by atoms with Crippen LogP contribution in [0.2, 0.25) is 0 Å². The summed E-state index contributed by atoms with van der Waals surface area (Å²) in [6.45, 7) is 0.923. The van der Waals surface area contributed by atoms with E-state index in [2.05, 4.69) is 71.6 Å². The van der Waals surface area contributed by atoms with Crippen molar-refractivity contribution in [3.05, 3.63) is 125 Å². The molecule has 153 valence electrons. The van der Waals surface area contributed by atoms with Gasteiger partial charge in [-0.2, -0.15) is 0 Å². The third-order valence-electron chi connectivity index (χ3n) is 6.29. The van der Waals surface area contributed by atoms with Crippen LogP contribution in [0.1, 0.15) is 34.6 Å². The monoisotopic (exact) mass is 404 g/mol. The minimum atomic E-state index is 0.211. The number of hydrogen-bond donors (Lipinski definition) is 0. The summed E-state index contributed by atoms with van der Waals surface area (Å²) in [5, 5.41) is 13.8. The molecule has 0 saturated heterocycles. The van der Waals surface area contributed by atoms with Gasteiger partial charge in [-0.1, -0.05) is 84.9 Å². The molecule has 0 bridgehead atoms. The van der Waals surface area contributed by atoms with Gasteiger partial charge in [-0.3, -0.25) is 5.11 Å². The van der Waals surface area contributed by atoms with E-state index in [9.17, 15) is 5.11 Å². The summed E-state index contributed by atoms with van der Waals surface area (Å²) in [6, 6.07) is 35.4. The highest BCUT2D eigenvalue weighted by Gasteiger charge is 2.31. The Morgan fingerprint density at radius 2 is 1.32 bits per heavy atom. The van der Waals surface area contributed by atoms with E-state index in [1.165, 1.54) is 11.1 Å². The van der Waals surface area contributed by atoms with Crippen molar-refractivity contribution in [1.82, 2.24) is 0 Å². The van der Waals surface area contributed by atoms with E-state index < -0.39 is 0 Å². The molecule has 0 aromatic heterocycles. The molecular formula is C29H26NO. The molecule has 0 N–H and O–H groups in total. The molecule has 4 aromatic carbocycles. The zero-order valence-corrected chi connectivity index (χ0v) is 17.6. The second kappa shape index (κ2) is 8.69. The molecular weight excluding hydrogens is 378 g/mol. The Labute approximate surface area is 184 Å². The molecule has 0 aliphatic carbocycles. The SMILES string of the molecule is [O]c1c(Cc2ccccc2)ccc2c1C(Cc1ccccc1)CCN2c1ccccc1. The fraction of sp³-hybridized carbons (Fsp3) is 0.172. The summed E-state index contributed by atoms with van der Waals surface area (Å²) < 4.78 is 0. The summed E-state index contributed by atoms with van der Waals surface area (Å²) in [6.07, 6.45) is 2.55. The first-order valence-corrected chi connectivity index (χ1v) is 11.0. The fourth-order valence-electron chi connectivity index (χ4n) is 4.75. The van der Waals surface area contributed by atoms with Crippen molar-refractivity contribution in [3.8, 4) is 5.75 Å². The maximum atomic E-state index is 13.8. The van der Waals surface area contributed by atoms with Gasteiger partial charge in [0.2, 0.25) is 0 Å². The second-order valence-electron chi connectivity index (χ2n) is 8.31. The number of rotatable bonds is 5.